The van der Waals surface area contributed by atoms with Crippen molar-refractivity contribution in [3.8, 4) is 0 Å². The first kappa shape index (κ1) is 27.4. The van der Waals surface area contributed by atoms with Crippen molar-refractivity contribution in [2.45, 2.75) is 107 Å². The summed E-state index contributed by atoms with van der Waals surface area (Å²) >= 11 is 0. The molecule has 0 bridgehead atoms. The number of hydrogen-bond donors (Lipinski definition) is 2. The van der Waals surface area contributed by atoms with Crippen LogP contribution in [0.5, 0.6) is 0 Å². The van der Waals surface area contributed by atoms with Crippen LogP contribution >= 0.6 is 0 Å². The number of benzene rings is 1. The van der Waals surface area contributed by atoms with Crippen LogP contribution in [0.25, 0.3) is 0 Å². The third-order valence-corrected chi connectivity index (χ3v) is 9.64. The lowest BCUT2D eigenvalue weighted by Crippen LogP contribution is -2.65. The molecule has 1 aliphatic carbocycles. The first-order chi connectivity index (χ1) is 16.3. The van der Waals surface area contributed by atoms with E-state index in [1.165, 1.54) is 38.2 Å². The van der Waals surface area contributed by atoms with Crippen LogP contribution in [0.3, 0.4) is 0 Å². The molecule has 1 aromatic rings. The highest BCUT2D eigenvalue weighted by molar-refractivity contribution is 7.89. The number of nitrogens with zero attached hydrogens (tertiary/aromatic N) is 1. The molecule has 0 radical (unpaired) electrons. The molecular weight excluding hydrogens is 462 g/mol. The number of carbonyl (C=O) groups excluding carboxylic acids is 2. The number of sulfonamides is 1. The van der Waals surface area contributed by atoms with Gasteiger partial charge in [-0.2, -0.15) is 4.31 Å². The molecule has 1 saturated carbocycles. The first-order valence-corrected chi connectivity index (χ1v) is 14.2. The van der Waals surface area contributed by atoms with Crippen molar-refractivity contribution in [2.24, 2.45) is 5.92 Å². The Morgan fingerprint density at radius 1 is 1.03 bits per heavy atom. The fraction of sp³-hybridized carbons (Fsp3) is 0.630. The minimum Gasteiger partial charge on any atom is -0.350 e. The van der Waals surface area contributed by atoms with E-state index in [1.54, 1.807) is 28.6 Å². The van der Waals surface area contributed by atoms with E-state index in [4.69, 9.17) is 0 Å². The second-order valence-electron chi connectivity index (χ2n) is 11.3. The van der Waals surface area contributed by atoms with E-state index in [2.05, 4.69) is 17.2 Å². The minimum atomic E-state index is -3.82. The quantitative estimate of drug-likeness (QED) is 0.488. The summed E-state index contributed by atoms with van der Waals surface area (Å²) in [6.45, 7) is 11.1. The van der Waals surface area contributed by atoms with Gasteiger partial charge in [0.05, 0.1) is 4.90 Å². The number of anilines is 1. The predicted octanol–water partition coefficient (Wildman–Crippen LogP) is 5.00. The molecule has 0 atom stereocenters. The molecule has 8 heteroatoms. The monoisotopic (exact) mass is 503 g/mol. The average molecular weight is 504 g/mol. The fourth-order valence-electron chi connectivity index (χ4n) is 6.13. The van der Waals surface area contributed by atoms with E-state index >= 15 is 0 Å². The lowest BCUT2D eigenvalue weighted by molar-refractivity contribution is -0.118. The maximum absolute atomic E-state index is 13.7. The van der Waals surface area contributed by atoms with E-state index < -0.39 is 21.1 Å². The summed E-state index contributed by atoms with van der Waals surface area (Å²) in [6, 6.07) is 6.28. The Bertz CT molecular complexity index is 1010. The van der Waals surface area contributed by atoms with Gasteiger partial charge in [0.15, 0.2) is 0 Å². The Morgan fingerprint density at radius 2 is 1.60 bits per heavy atom. The van der Waals surface area contributed by atoms with Crippen molar-refractivity contribution in [3.05, 3.63) is 36.9 Å². The molecule has 35 heavy (non-hydrogen) atoms. The van der Waals surface area contributed by atoms with Crippen molar-refractivity contribution in [2.75, 3.05) is 5.32 Å². The van der Waals surface area contributed by atoms with Gasteiger partial charge in [0, 0.05) is 29.2 Å². The number of carbonyl (C=O) groups is 2. The normalized spacial score (nSPS) is 21.3. The first-order valence-electron chi connectivity index (χ1n) is 12.7. The van der Waals surface area contributed by atoms with Crippen molar-refractivity contribution >= 4 is 27.5 Å². The van der Waals surface area contributed by atoms with E-state index in [0.29, 0.717) is 30.9 Å². The molecule has 7 nitrogen and oxygen atoms in total. The van der Waals surface area contributed by atoms with Crippen LogP contribution in [0.1, 0.15) is 85.5 Å². The molecule has 3 rings (SSSR count). The van der Waals surface area contributed by atoms with Gasteiger partial charge in [0.2, 0.25) is 21.8 Å². The van der Waals surface area contributed by atoms with Gasteiger partial charge in [0.1, 0.15) is 0 Å². The predicted molar refractivity (Wildman–Crippen MR) is 139 cm³/mol. The molecule has 2 fully saturated rings. The molecule has 1 saturated heterocycles. The highest BCUT2D eigenvalue weighted by Crippen LogP contribution is 2.42. The molecule has 194 valence electrons. The Labute approximate surface area is 210 Å². The molecule has 0 spiro atoms. The van der Waals surface area contributed by atoms with E-state index in [1.807, 2.05) is 27.7 Å². The summed E-state index contributed by atoms with van der Waals surface area (Å²) in [5.41, 5.74) is -0.834. The van der Waals surface area contributed by atoms with Gasteiger partial charge in [-0.3, -0.25) is 9.59 Å². The number of nitrogens with one attached hydrogen (secondary N) is 2. The summed E-state index contributed by atoms with van der Waals surface area (Å²) in [4.78, 5) is 24.4. The van der Waals surface area contributed by atoms with Gasteiger partial charge in [-0.05, 0) is 83.2 Å². The third-order valence-electron chi connectivity index (χ3n) is 7.30. The van der Waals surface area contributed by atoms with Gasteiger partial charge in [-0.25, -0.2) is 8.42 Å². The second-order valence-corrected chi connectivity index (χ2v) is 13.1. The molecule has 0 unspecified atom stereocenters. The van der Waals surface area contributed by atoms with Crippen LogP contribution in [-0.4, -0.2) is 41.7 Å². The lowest BCUT2D eigenvalue weighted by Gasteiger charge is -2.53. The van der Waals surface area contributed by atoms with Crippen LogP contribution in [-0.2, 0) is 19.6 Å². The summed E-state index contributed by atoms with van der Waals surface area (Å²) in [7, 11) is -3.82. The smallest absolute Gasteiger partial charge is 0.244 e. The topological polar surface area (TPSA) is 95.6 Å². The largest absolute Gasteiger partial charge is 0.350 e. The summed E-state index contributed by atoms with van der Waals surface area (Å²) in [5.74, 6) is 0.356. The average Bonchev–Trinajstić information content (AvgIpc) is 2.76. The molecule has 2 N–H and O–H groups in total. The minimum absolute atomic E-state index is 0.0305. The number of hydrogen-bond acceptors (Lipinski definition) is 4. The molecule has 1 aliphatic heterocycles. The van der Waals surface area contributed by atoms with E-state index in [0.717, 1.165) is 6.42 Å². The summed E-state index contributed by atoms with van der Waals surface area (Å²) in [6.07, 6.45) is 9.86. The number of piperidine rings is 1. The van der Waals surface area contributed by atoms with Crippen LogP contribution in [0, 0.1) is 5.92 Å². The van der Waals surface area contributed by atoms with E-state index in [9.17, 15) is 18.0 Å². The van der Waals surface area contributed by atoms with Gasteiger partial charge < -0.3 is 10.6 Å². The van der Waals surface area contributed by atoms with Gasteiger partial charge in [-0.1, -0.05) is 38.7 Å². The van der Waals surface area contributed by atoms with Crippen LogP contribution < -0.4 is 10.6 Å². The summed E-state index contributed by atoms with van der Waals surface area (Å²) < 4.78 is 29.1. The molecule has 2 aliphatic rings. The van der Waals surface area contributed by atoms with E-state index in [-0.39, 0.29) is 22.8 Å². The van der Waals surface area contributed by atoms with Crippen LogP contribution in [0.4, 0.5) is 5.69 Å². The molecule has 0 aromatic heterocycles. The highest BCUT2D eigenvalue weighted by Gasteiger charge is 2.51. The van der Waals surface area contributed by atoms with Crippen LogP contribution in [0.2, 0.25) is 0 Å². The van der Waals surface area contributed by atoms with Crippen molar-refractivity contribution in [1.82, 2.24) is 9.62 Å². The Morgan fingerprint density at radius 3 is 2.14 bits per heavy atom. The second kappa shape index (κ2) is 10.8. The standard InChI is InChI=1S/C27H41N3O4S/c1-6-24(31)29-22-18-26(2,3)30(27(4,5)19-22)35(33,34)23-15-13-21(14-16-23)28-25(32)17-12-20-10-8-7-9-11-20/h6,13-16,20,22H,1,7-12,17-19H2,2-5H3,(H,28,32)(H,29,31). The maximum atomic E-state index is 13.7. The lowest BCUT2D eigenvalue weighted by atomic mass is 9.79. The summed E-state index contributed by atoms with van der Waals surface area (Å²) in [5, 5.41) is 5.84. The van der Waals surface area contributed by atoms with Crippen molar-refractivity contribution < 1.29 is 18.0 Å². The fourth-order valence-corrected chi connectivity index (χ4v) is 8.27. The Hall–Kier alpha value is -2.19. The molecule has 1 aromatic carbocycles. The molecule has 1 heterocycles. The van der Waals surface area contributed by atoms with Crippen molar-refractivity contribution in [1.29, 1.82) is 0 Å². The van der Waals surface area contributed by atoms with Gasteiger partial charge in [-0.15, -0.1) is 0 Å². The molecule has 2 amide bonds. The zero-order valence-electron chi connectivity index (χ0n) is 21.6. The zero-order valence-corrected chi connectivity index (χ0v) is 22.4. The van der Waals surface area contributed by atoms with Gasteiger partial charge in [0.25, 0.3) is 0 Å². The zero-order chi connectivity index (χ0) is 25.9. The maximum Gasteiger partial charge on any atom is 0.244 e. The number of amides is 2. The third kappa shape index (κ3) is 6.73. The SMILES string of the molecule is C=CC(=O)NC1CC(C)(C)N(S(=O)(=O)c2ccc(NC(=O)CCC3CCCCC3)cc2)C(C)(C)C1. The highest BCUT2D eigenvalue weighted by atomic mass is 32.2. The van der Waals surface area contributed by atoms with Gasteiger partial charge >= 0.3 is 0 Å². The Balaban J connectivity index is 1.69. The molecular formula is C27H41N3O4S. The van der Waals surface area contributed by atoms with Crippen molar-refractivity contribution in [3.63, 3.8) is 0 Å². The number of rotatable bonds is 8. The van der Waals surface area contributed by atoms with Crippen LogP contribution in [0.15, 0.2) is 41.8 Å². The Kier molecular flexibility index (Phi) is 8.48.